The number of anilines is 2. The van der Waals surface area contributed by atoms with Crippen LogP contribution in [0.1, 0.15) is 42.2 Å². The number of hydrogen-bond donors (Lipinski definition) is 1. The van der Waals surface area contributed by atoms with Crippen LogP contribution in [0.3, 0.4) is 0 Å². The van der Waals surface area contributed by atoms with E-state index in [1.54, 1.807) is 13.2 Å². The van der Waals surface area contributed by atoms with Crippen LogP contribution in [-0.2, 0) is 4.74 Å². The van der Waals surface area contributed by atoms with E-state index < -0.39 is 17.5 Å². The molecular weight excluding hydrogens is 416 g/mol. The van der Waals surface area contributed by atoms with Gasteiger partial charge in [0.1, 0.15) is 11.5 Å². The highest BCUT2D eigenvalue weighted by Gasteiger charge is 2.47. The van der Waals surface area contributed by atoms with Gasteiger partial charge in [-0.2, -0.15) is 0 Å². The number of aromatic nitrogens is 1. The zero-order valence-corrected chi connectivity index (χ0v) is 18.5. The van der Waals surface area contributed by atoms with Gasteiger partial charge in [-0.3, -0.25) is 4.79 Å². The molecule has 1 aromatic heterocycles. The molecule has 2 aromatic rings. The van der Waals surface area contributed by atoms with Gasteiger partial charge >= 0.3 is 0 Å². The van der Waals surface area contributed by atoms with Gasteiger partial charge in [-0.15, -0.1) is 0 Å². The van der Waals surface area contributed by atoms with Crippen molar-refractivity contribution >= 4 is 17.4 Å². The lowest BCUT2D eigenvalue weighted by atomic mass is 9.96. The average Bonchev–Trinajstić information content (AvgIpc) is 3.33. The normalized spacial score (nSPS) is 25.2. The molecule has 3 aliphatic rings. The second kappa shape index (κ2) is 7.69. The van der Waals surface area contributed by atoms with Gasteiger partial charge in [-0.05, 0) is 62.6 Å². The van der Waals surface area contributed by atoms with Crippen molar-refractivity contribution in [2.75, 3.05) is 30.4 Å². The second-order valence-electron chi connectivity index (χ2n) is 9.59. The van der Waals surface area contributed by atoms with Gasteiger partial charge in [0.2, 0.25) is 0 Å². The number of amides is 1. The minimum absolute atomic E-state index is 0.0207. The molecule has 5 rings (SSSR count). The van der Waals surface area contributed by atoms with Crippen molar-refractivity contribution in [2.45, 2.75) is 44.8 Å². The molecule has 0 bridgehead atoms. The minimum atomic E-state index is -0.821. The van der Waals surface area contributed by atoms with Crippen molar-refractivity contribution in [3.8, 4) is 5.75 Å². The first-order valence-corrected chi connectivity index (χ1v) is 11.0. The molecule has 2 unspecified atom stereocenters. The maximum Gasteiger partial charge on any atom is 0.274 e. The average molecular weight is 443 g/mol. The van der Waals surface area contributed by atoms with Gasteiger partial charge < -0.3 is 19.7 Å². The summed E-state index contributed by atoms with van der Waals surface area (Å²) in [5, 5.41) is 2.55. The molecule has 1 aromatic carbocycles. The third-order valence-corrected chi connectivity index (χ3v) is 6.80. The number of nitrogens with zero attached hydrogens (tertiary/aromatic N) is 2. The van der Waals surface area contributed by atoms with Crippen molar-refractivity contribution in [1.29, 1.82) is 0 Å². The topological polar surface area (TPSA) is 63.7 Å². The van der Waals surface area contributed by atoms with Crippen LogP contribution in [0.15, 0.2) is 24.3 Å². The van der Waals surface area contributed by atoms with Crippen molar-refractivity contribution in [3.05, 3.63) is 47.2 Å². The lowest BCUT2D eigenvalue weighted by Gasteiger charge is -2.47. The fourth-order valence-corrected chi connectivity index (χ4v) is 4.84. The maximum atomic E-state index is 14.6. The Morgan fingerprint density at radius 1 is 1.12 bits per heavy atom. The second-order valence-corrected chi connectivity index (χ2v) is 9.59. The number of rotatable bonds is 6. The lowest BCUT2D eigenvalue weighted by Crippen LogP contribution is -2.61. The molecule has 0 radical (unpaired) electrons. The van der Waals surface area contributed by atoms with E-state index in [4.69, 9.17) is 9.47 Å². The molecule has 2 heterocycles. The summed E-state index contributed by atoms with van der Waals surface area (Å²) in [5.41, 5.74) is 0.831. The third kappa shape index (κ3) is 4.03. The first-order valence-electron chi connectivity index (χ1n) is 11.0. The Morgan fingerprint density at radius 3 is 2.41 bits per heavy atom. The molecule has 1 aliphatic heterocycles. The van der Waals surface area contributed by atoms with Crippen LogP contribution in [0.5, 0.6) is 5.75 Å². The molecule has 2 aliphatic carbocycles. The molecule has 1 saturated heterocycles. The van der Waals surface area contributed by atoms with Crippen LogP contribution in [0.2, 0.25) is 0 Å². The number of pyridine rings is 1. The van der Waals surface area contributed by atoms with E-state index >= 15 is 0 Å². The Balaban J connectivity index is 1.28. The van der Waals surface area contributed by atoms with E-state index in [-0.39, 0.29) is 28.8 Å². The number of nitrogens with one attached hydrogen (secondary N) is 1. The summed E-state index contributed by atoms with van der Waals surface area (Å²) in [4.78, 5) is 19.2. The quantitative estimate of drug-likeness (QED) is 0.720. The van der Waals surface area contributed by atoms with E-state index in [9.17, 15) is 13.6 Å². The predicted octanol–water partition coefficient (Wildman–Crippen LogP) is 4.32. The summed E-state index contributed by atoms with van der Waals surface area (Å²) in [6, 6.07) is 5.71. The number of carbonyl (C=O) groups excluding carboxylic acids is 1. The summed E-state index contributed by atoms with van der Waals surface area (Å²) in [6.07, 6.45) is 2.77. The fourth-order valence-electron chi connectivity index (χ4n) is 4.84. The van der Waals surface area contributed by atoms with Crippen LogP contribution in [0.25, 0.3) is 0 Å². The molecule has 3 fully saturated rings. The number of benzene rings is 1. The molecule has 3 atom stereocenters. The maximum absolute atomic E-state index is 14.6. The third-order valence-electron chi connectivity index (χ3n) is 6.80. The number of fused-ring (bicyclic) bond motifs is 1. The molecule has 170 valence electrons. The highest BCUT2D eigenvalue weighted by atomic mass is 19.1. The molecule has 2 saturated carbocycles. The molecule has 32 heavy (non-hydrogen) atoms. The van der Waals surface area contributed by atoms with E-state index in [1.807, 2.05) is 24.8 Å². The predicted molar refractivity (Wildman–Crippen MR) is 116 cm³/mol. The number of hydrogen-bond acceptors (Lipinski definition) is 5. The van der Waals surface area contributed by atoms with E-state index in [2.05, 4.69) is 10.3 Å². The van der Waals surface area contributed by atoms with E-state index in [0.717, 1.165) is 30.5 Å². The zero-order valence-electron chi connectivity index (χ0n) is 18.5. The van der Waals surface area contributed by atoms with Crippen molar-refractivity contribution in [1.82, 2.24) is 4.98 Å². The smallest absolute Gasteiger partial charge is 0.274 e. The van der Waals surface area contributed by atoms with Crippen molar-refractivity contribution in [2.24, 2.45) is 11.8 Å². The monoisotopic (exact) mass is 443 g/mol. The molecule has 1 N–H and O–H groups in total. The van der Waals surface area contributed by atoms with Crippen LogP contribution in [0.4, 0.5) is 20.3 Å². The van der Waals surface area contributed by atoms with Crippen molar-refractivity contribution in [3.63, 3.8) is 0 Å². The van der Waals surface area contributed by atoms with E-state index in [1.165, 1.54) is 6.42 Å². The number of methoxy groups -OCH3 is 1. The molecule has 0 spiro atoms. The van der Waals surface area contributed by atoms with Crippen LogP contribution < -0.4 is 15.0 Å². The molecule has 6 nitrogen and oxygen atoms in total. The van der Waals surface area contributed by atoms with Crippen LogP contribution >= 0.6 is 0 Å². The van der Waals surface area contributed by atoms with Gasteiger partial charge in [0.15, 0.2) is 17.4 Å². The van der Waals surface area contributed by atoms with Gasteiger partial charge in [-0.1, -0.05) is 0 Å². The molecule has 8 heteroatoms. The minimum Gasteiger partial charge on any atom is -0.484 e. The summed E-state index contributed by atoms with van der Waals surface area (Å²) in [6.45, 7) is 5.22. The Kier molecular flexibility index (Phi) is 5.08. The summed E-state index contributed by atoms with van der Waals surface area (Å²) in [7, 11) is 1.67. The van der Waals surface area contributed by atoms with Gasteiger partial charge in [-0.25, -0.2) is 13.8 Å². The molecular formula is C24H27F2N3O3. The van der Waals surface area contributed by atoms with Crippen LogP contribution in [-0.4, -0.2) is 42.8 Å². The van der Waals surface area contributed by atoms with Crippen molar-refractivity contribution < 1.29 is 23.0 Å². The van der Waals surface area contributed by atoms with Gasteiger partial charge in [0.05, 0.1) is 11.7 Å². The van der Waals surface area contributed by atoms with Gasteiger partial charge in [0.25, 0.3) is 5.91 Å². The van der Waals surface area contributed by atoms with E-state index in [0.29, 0.717) is 30.7 Å². The highest BCUT2D eigenvalue weighted by Crippen LogP contribution is 2.52. The number of ether oxygens (including phenoxy) is 2. The Labute approximate surface area is 185 Å². The zero-order chi connectivity index (χ0) is 22.6. The van der Waals surface area contributed by atoms with Gasteiger partial charge in [0, 0.05) is 38.0 Å². The highest BCUT2D eigenvalue weighted by molar-refractivity contribution is 6.03. The summed E-state index contributed by atoms with van der Waals surface area (Å²) < 4.78 is 40.2. The number of aryl methyl sites for hydroxylation is 1. The molecule has 1 amide bonds. The summed E-state index contributed by atoms with van der Waals surface area (Å²) >= 11 is 0. The standard InChI is InChI=1S/C24H27F2N3O3/c1-13-4-20(28-21(5-13)29-11-24(2,12-29)31-3)23(30)27-16-9-18(25)22(19(26)10-16)32-17-7-14-6-15(14)8-17/h4-5,9-10,14-15,17H,6-8,11-12H2,1-3H3,(H,27,30)/t14-,15?,17?/m1/s1. The Hall–Kier alpha value is -2.74. The summed E-state index contributed by atoms with van der Waals surface area (Å²) in [5.74, 6) is -0.582. The fraction of sp³-hybridized carbons (Fsp3) is 0.500. The Morgan fingerprint density at radius 2 is 1.78 bits per heavy atom. The largest absolute Gasteiger partial charge is 0.484 e. The Bertz CT molecular complexity index is 1040. The van der Waals surface area contributed by atoms with Crippen LogP contribution in [0, 0.1) is 30.4 Å². The number of carbonyl (C=O) groups is 1. The SMILES string of the molecule is COC1(C)CN(c2cc(C)cc(C(=O)Nc3cc(F)c(OC4CC5C[C@@H]5C4)c(F)c3)n2)C1. The number of halogens is 2. The first-order chi connectivity index (χ1) is 15.2. The lowest BCUT2D eigenvalue weighted by molar-refractivity contribution is -0.0171. The first kappa shape index (κ1) is 21.1.